The van der Waals surface area contributed by atoms with Gasteiger partial charge in [0.05, 0.1) is 18.0 Å². The molecule has 0 bridgehead atoms. The molecular formula is C23H33BrN4O3S. The van der Waals surface area contributed by atoms with Crippen molar-refractivity contribution in [2.75, 3.05) is 31.6 Å². The van der Waals surface area contributed by atoms with Gasteiger partial charge in [-0.15, -0.1) is 0 Å². The third-order valence-corrected chi connectivity index (χ3v) is 9.39. The molecule has 1 saturated carbocycles. The molecule has 0 spiro atoms. The highest BCUT2D eigenvalue weighted by atomic mass is 79.9. The van der Waals surface area contributed by atoms with E-state index in [1.807, 2.05) is 19.2 Å². The lowest BCUT2D eigenvalue weighted by Gasteiger charge is -2.34. The van der Waals surface area contributed by atoms with Crippen LogP contribution in [0.25, 0.3) is 0 Å². The quantitative estimate of drug-likeness (QED) is 0.573. The maximum atomic E-state index is 13.7. The largest absolute Gasteiger partial charge is 0.383 e. The smallest absolute Gasteiger partial charge is 0.245 e. The fraction of sp³-hybridized carbons (Fsp3) is 0.609. The molecule has 1 aromatic heterocycles. The van der Waals surface area contributed by atoms with Gasteiger partial charge < -0.3 is 10.1 Å². The molecule has 2 fully saturated rings. The molecule has 2 aliphatic rings. The zero-order chi connectivity index (χ0) is 22.9. The van der Waals surface area contributed by atoms with Crippen LogP contribution in [0.4, 0.5) is 5.69 Å². The van der Waals surface area contributed by atoms with Crippen molar-refractivity contribution < 1.29 is 13.2 Å². The molecule has 1 aromatic carbocycles. The van der Waals surface area contributed by atoms with E-state index in [-0.39, 0.29) is 18.1 Å². The standard InChI is InChI=1S/C23H33BrN4O3S/c1-23(2,17-6-4-5-7-17)16-25-19-14-18(24)8-9-22(19)32(29,30)28-12-13-31-21(15-28)20-10-11-26-27(20)3/h8-11,14,17,21,25H,4-7,12-13,15-16H2,1-3H3. The van der Waals surface area contributed by atoms with Gasteiger partial charge in [0.25, 0.3) is 0 Å². The summed E-state index contributed by atoms with van der Waals surface area (Å²) in [4.78, 5) is 0.313. The minimum atomic E-state index is -3.69. The first kappa shape index (κ1) is 23.7. The number of morpholine rings is 1. The molecule has 1 unspecified atom stereocenters. The van der Waals surface area contributed by atoms with E-state index < -0.39 is 10.0 Å². The maximum absolute atomic E-state index is 13.7. The molecule has 0 radical (unpaired) electrons. The van der Waals surface area contributed by atoms with E-state index in [0.717, 1.165) is 16.7 Å². The molecule has 1 atom stereocenters. The number of ether oxygens (including phenoxy) is 1. The Morgan fingerprint density at radius 1 is 1.25 bits per heavy atom. The van der Waals surface area contributed by atoms with E-state index in [9.17, 15) is 8.42 Å². The SMILES string of the molecule is Cn1nccc1C1CN(S(=O)(=O)c2ccc(Br)cc2NCC(C)(C)C2CCCC2)CCO1. The Labute approximate surface area is 199 Å². The number of hydrogen-bond donors (Lipinski definition) is 1. The highest BCUT2D eigenvalue weighted by molar-refractivity contribution is 9.10. The van der Waals surface area contributed by atoms with Crippen molar-refractivity contribution in [3.8, 4) is 0 Å². The van der Waals surface area contributed by atoms with Crippen LogP contribution in [0.15, 0.2) is 39.8 Å². The Balaban J connectivity index is 1.56. The number of aromatic nitrogens is 2. The van der Waals surface area contributed by atoms with Gasteiger partial charge in [-0.3, -0.25) is 4.68 Å². The fourth-order valence-corrected chi connectivity index (χ4v) is 6.84. The molecule has 32 heavy (non-hydrogen) atoms. The molecule has 2 heterocycles. The van der Waals surface area contributed by atoms with Crippen molar-refractivity contribution in [2.24, 2.45) is 18.4 Å². The van der Waals surface area contributed by atoms with Gasteiger partial charge in [-0.25, -0.2) is 8.42 Å². The van der Waals surface area contributed by atoms with Crippen LogP contribution in [0.2, 0.25) is 0 Å². The Bertz CT molecular complexity index is 1050. The lowest BCUT2D eigenvalue weighted by molar-refractivity contribution is -0.00693. The first-order valence-electron chi connectivity index (χ1n) is 11.3. The van der Waals surface area contributed by atoms with Gasteiger partial charge in [0.15, 0.2) is 0 Å². The van der Waals surface area contributed by atoms with Crippen molar-refractivity contribution >= 4 is 31.6 Å². The van der Waals surface area contributed by atoms with E-state index in [2.05, 4.69) is 40.2 Å². The summed E-state index contributed by atoms with van der Waals surface area (Å²) < 4.78 is 37.4. The number of hydrogen-bond acceptors (Lipinski definition) is 5. The number of nitrogens with one attached hydrogen (secondary N) is 1. The molecule has 7 nitrogen and oxygen atoms in total. The van der Waals surface area contributed by atoms with Gasteiger partial charge in [-0.2, -0.15) is 9.40 Å². The minimum Gasteiger partial charge on any atom is -0.383 e. The van der Waals surface area contributed by atoms with E-state index in [1.54, 1.807) is 23.0 Å². The van der Waals surface area contributed by atoms with Gasteiger partial charge in [0.2, 0.25) is 10.0 Å². The highest BCUT2D eigenvalue weighted by Crippen LogP contribution is 2.40. The first-order chi connectivity index (χ1) is 15.2. The Morgan fingerprint density at radius 3 is 2.69 bits per heavy atom. The zero-order valence-corrected chi connectivity index (χ0v) is 21.5. The Kier molecular flexibility index (Phi) is 7.00. The monoisotopic (exact) mass is 524 g/mol. The lowest BCUT2D eigenvalue weighted by atomic mass is 9.77. The van der Waals surface area contributed by atoms with Crippen molar-refractivity contribution in [3.05, 3.63) is 40.6 Å². The third-order valence-electron chi connectivity index (χ3n) is 6.97. The predicted molar refractivity (Wildman–Crippen MR) is 129 cm³/mol. The van der Waals surface area contributed by atoms with E-state index in [0.29, 0.717) is 29.7 Å². The molecule has 9 heteroatoms. The second kappa shape index (κ2) is 9.44. The summed E-state index contributed by atoms with van der Waals surface area (Å²) in [6, 6.07) is 7.23. The molecular weight excluding hydrogens is 492 g/mol. The first-order valence-corrected chi connectivity index (χ1v) is 13.5. The Hall–Kier alpha value is -1.42. The summed E-state index contributed by atoms with van der Waals surface area (Å²) in [5.74, 6) is 0.668. The average Bonchev–Trinajstić information content (AvgIpc) is 3.45. The molecule has 2 aromatic rings. The van der Waals surface area contributed by atoms with Crippen LogP contribution in [-0.2, 0) is 21.8 Å². The fourth-order valence-electron chi connectivity index (χ4n) is 4.90. The van der Waals surface area contributed by atoms with Crippen molar-refractivity contribution in [1.82, 2.24) is 14.1 Å². The zero-order valence-electron chi connectivity index (χ0n) is 19.1. The number of halogens is 1. The van der Waals surface area contributed by atoms with Crippen LogP contribution >= 0.6 is 15.9 Å². The van der Waals surface area contributed by atoms with Gasteiger partial charge in [0, 0.05) is 37.4 Å². The van der Waals surface area contributed by atoms with Crippen LogP contribution in [-0.4, -0.2) is 48.7 Å². The van der Waals surface area contributed by atoms with Gasteiger partial charge >= 0.3 is 0 Å². The number of rotatable bonds is 7. The molecule has 176 valence electrons. The molecule has 1 aliphatic heterocycles. The number of benzene rings is 1. The van der Waals surface area contributed by atoms with Crippen LogP contribution in [0.1, 0.15) is 51.3 Å². The molecule has 4 rings (SSSR count). The summed E-state index contributed by atoms with van der Waals surface area (Å²) in [6.07, 6.45) is 6.45. The van der Waals surface area contributed by atoms with Gasteiger partial charge in [-0.05, 0) is 48.4 Å². The summed E-state index contributed by atoms with van der Waals surface area (Å²) >= 11 is 3.51. The molecule has 1 aliphatic carbocycles. The van der Waals surface area contributed by atoms with Crippen LogP contribution in [0.5, 0.6) is 0 Å². The minimum absolute atomic E-state index is 0.101. The normalized spacial score (nSPS) is 21.2. The van der Waals surface area contributed by atoms with Crippen molar-refractivity contribution in [1.29, 1.82) is 0 Å². The van der Waals surface area contributed by atoms with Crippen molar-refractivity contribution in [3.63, 3.8) is 0 Å². The van der Waals surface area contributed by atoms with E-state index in [4.69, 9.17) is 4.74 Å². The van der Waals surface area contributed by atoms with Crippen LogP contribution in [0.3, 0.4) is 0 Å². The van der Waals surface area contributed by atoms with Gasteiger partial charge in [0.1, 0.15) is 11.0 Å². The summed E-state index contributed by atoms with van der Waals surface area (Å²) in [5, 5.41) is 7.68. The topological polar surface area (TPSA) is 76.5 Å². The third kappa shape index (κ3) is 4.90. The van der Waals surface area contributed by atoms with E-state index >= 15 is 0 Å². The predicted octanol–water partition coefficient (Wildman–Crippen LogP) is 4.57. The average molecular weight is 526 g/mol. The maximum Gasteiger partial charge on any atom is 0.245 e. The second-order valence-electron chi connectivity index (χ2n) is 9.57. The number of anilines is 1. The summed E-state index contributed by atoms with van der Waals surface area (Å²) in [5.41, 5.74) is 1.62. The molecule has 1 N–H and O–H groups in total. The van der Waals surface area contributed by atoms with Crippen molar-refractivity contribution in [2.45, 2.75) is 50.5 Å². The summed E-state index contributed by atoms with van der Waals surface area (Å²) in [6.45, 7) is 6.25. The van der Waals surface area contributed by atoms with E-state index in [1.165, 1.54) is 30.0 Å². The second-order valence-corrected chi connectivity index (χ2v) is 12.4. The highest BCUT2D eigenvalue weighted by Gasteiger charge is 2.35. The molecule has 0 amide bonds. The number of nitrogens with zero attached hydrogens (tertiary/aromatic N) is 3. The summed E-state index contributed by atoms with van der Waals surface area (Å²) in [7, 11) is -1.85. The Morgan fingerprint density at radius 2 is 2.00 bits per heavy atom. The number of sulfonamides is 1. The molecule has 1 saturated heterocycles. The lowest BCUT2D eigenvalue weighted by Crippen LogP contribution is -2.42. The number of aryl methyl sites for hydroxylation is 1. The van der Waals surface area contributed by atoms with Gasteiger partial charge in [-0.1, -0.05) is 42.6 Å². The van der Waals surface area contributed by atoms with Crippen LogP contribution < -0.4 is 5.32 Å². The van der Waals surface area contributed by atoms with Crippen LogP contribution in [0, 0.1) is 11.3 Å².